The number of halogens is 1. The molecule has 0 aliphatic rings. The highest BCUT2D eigenvalue weighted by atomic mass is 35.5. The predicted octanol–water partition coefficient (Wildman–Crippen LogP) is 4.68. The van der Waals surface area contributed by atoms with Crippen molar-refractivity contribution in [2.45, 2.75) is 19.8 Å². The monoisotopic (exact) mass is 447 g/mol. The molecule has 0 saturated carbocycles. The van der Waals surface area contributed by atoms with Crippen LogP contribution in [-0.2, 0) is 9.59 Å². The Hall–Kier alpha value is -3.82. The minimum Gasteiger partial charge on any atom is -0.480 e. The topological polar surface area (TPSA) is 79.8 Å². The average molecular weight is 448 g/mol. The molecule has 0 unspecified atom stereocenters. The van der Waals surface area contributed by atoms with Gasteiger partial charge in [-0.15, -0.1) is 6.42 Å². The minimum absolute atomic E-state index is 0.0116. The van der Waals surface area contributed by atoms with Crippen LogP contribution >= 0.6 is 11.6 Å². The summed E-state index contributed by atoms with van der Waals surface area (Å²) in [5, 5.41) is 9.24. The lowest BCUT2D eigenvalue weighted by Crippen LogP contribution is -2.20. The summed E-state index contributed by atoms with van der Waals surface area (Å²) in [5.41, 5.74) is 4.65. The SMILES string of the molecule is C#CCOc1ccc2ccccc2c1C=NNC(=O)CCC(=O)Nc1ccc(C)c(Cl)c1. The molecule has 0 atom stereocenters. The van der Waals surface area contributed by atoms with E-state index in [2.05, 4.69) is 21.8 Å². The fraction of sp³-hybridized carbons (Fsp3) is 0.160. The lowest BCUT2D eigenvalue weighted by atomic mass is 10.0. The lowest BCUT2D eigenvalue weighted by molar-refractivity contribution is -0.124. The molecule has 3 aromatic rings. The highest BCUT2D eigenvalue weighted by Gasteiger charge is 2.09. The van der Waals surface area contributed by atoms with Crippen LogP contribution in [-0.4, -0.2) is 24.6 Å². The summed E-state index contributed by atoms with van der Waals surface area (Å²) in [6.45, 7) is 1.99. The van der Waals surface area contributed by atoms with Crippen LogP contribution in [0.3, 0.4) is 0 Å². The standard InChI is InChI=1S/C25H22ClN3O3/c1-3-14-32-23-11-9-18-6-4-5-7-20(18)21(23)16-27-29-25(31)13-12-24(30)28-19-10-8-17(2)22(26)15-19/h1,4-11,15-16H,12-14H2,2H3,(H,28,30)(H,29,31). The molecular weight excluding hydrogens is 426 g/mol. The van der Waals surface area contributed by atoms with E-state index in [0.717, 1.165) is 16.3 Å². The van der Waals surface area contributed by atoms with Gasteiger partial charge in [-0.05, 0) is 41.5 Å². The van der Waals surface area contributed by atoms with Crippen LogP contribution in [0.25, 0.3) is 10.8 Å². The van der Waals surface area contributed by atoms with Gasteiger partial charge in [-0.25, -0.2) is 5.43 Å². The number of anilines is 1. The number of terminal acetylenes is 1. The summed E-state index contributed by atoms with van der Waals surface area (Å²) in [5.74, 6) is 2.33. The highest BCUT2D eigenvalue weighted by Crippen LogP contribution is 2.26. The van der Waals surface area contributed by atoms with E-state index in [1.807, 2.05) is 49.4 Å². The first-order chi connectivity index (χ1) is 15.5. The number of fused-ring (bicyclic) bond motifs is 1. The van der Waals surface area contributed by atoms with Crippen molar-refractivity contribution in [3.8, 4) is 18.1 Å². The Morgan fingerprint density at radius 3 is 2.69 bits per heavy atom. The third-order valence-corrected chi connectivity index (χ3v) is 5.07. The van der Waals surface area contributed by atoms with Crippen molar-refractivity contribution in [1.82, 2.24) is 5.43 Å². The van der Waals surface area contributed by atoms with Crippen LogP contribution in [0.1, 0.15) is 24.0 Å². The van der Waals surface area contributed by atoms with Gasteiger partial charge in [0, 0.05) is 29.1 Å². The number of nitrogens with zero attached hydrogens (tertiary/aromatic N) is 1. The molecule has 0 aromatic heterocycles. The van der Waals surface area contributed by atoms with Crippen LogP contribution < -0.4 is 15.5 Å². The van der Waals surface area contributed by atoms with E-state index >= 15 is 0 Å². The first-order valence-electron chi connectivity index (χ1n) is 9.94. The van der Waals surface area contributed by atoms with Crippen LogP contribution in [0.5, 0.6) is 5.75 Å². The third-order valence-electron chi connectivity index (χ3n) is 4.66. The minimum atomic E-state index is -0.385. The van der Waals surface area contributed by atoms with Crippen molar-refractivity contribution in [2.75, 3.05) is 11.9 Å². The zero-order valence-corrected chi connectivity index (χ0v) is 18.3. The quantitative estimate of drug-likeness (QED) is 0.299. The zero-order chi connectivity index (χ0) is 22.9. The van der Waals surface area contributed by atoms with E-state index < -0.39 is 0 Å². The van der Waals surface area contributed by atoms with Gasteiger partial charge in [-0.1, -0.05) is 53.9 Å². The molecule has 0 aliphatic heterocycles. The smallest absolute Gasteiger partial charge is 0.240 e. The normalized spacial score (nSPS) is 10.7. The molecule has 2 amide bonds. The van der Waals surface area contributed by atoms with Crippen molar-refractivity contribution in [2.24, 2.45) is 5.10 Å². The summed E-state index contributed by atoms with van der Waals surface area (Å²) in [6.07, 6.45) is 6.81. The summed E-state index contributed by atoms with van der Waals surface area (Å²) in [4.78, 5) is 24.2. The van der Waals surface area contributed by atoms with Crippen molar-refractivity contribution >= 4 is 46.1 Å². The van der Waals surface area contributed by atoms with E-state index in [1.165, 1.54) is 6.21 Å². The first-order valence-corrected chi connectivity index (χ1v) is 10.3. The Morgan fingerprint density at radius 1 is 1.12 bits per heavy atom. The van der Waals surface area contributed by atoms with Gasteiger partial charge in [0.05, 0.1) is 6.21 Å². The molecule has 162 valence electrons. The number of hydrazone groups is 1. The molecule has 0 bridgehead atoms. The highest BCUT2D eigenvalue weighted by molar-refractivity contribution is 6.31. The van der Waals surface area contributed by atoms with Gasteiger partial charge in [0.1, 0.15) is 12.4 Å². The Balaban J connectivity index is 1.59. The number of hydrogen-bond donors (Lipinski definition) is 2. The van der Waals surface area contributed by atoms with Crippen molar-refractivity contribution < 1.29 is 14.3 Å². The van der Waals surface area contributed by atoms with E-state index in [-0.39, 0.29) is 31.3 Å². The summed E-state index contributed by atoms with van der Waals surface area (Å²) >= 11 is 6.06. The number of aryl methyl sites for hydroxylation is 1. The summed E-state index contributed by atoms with van der Waals surface area (Å²) < 4.78 is 5.60. The van der Waals surface area contributed by atoms with Crippen molar-refractivity contribution in [3.05, 3.63) is 70.7 Å². The summed E-state index contributed by atoms with van der Waals surface area (Å²) in [7, 11) is 0. The van der Waals surface area contributed by atoms with E-state index in [4.69, 9.17) is 22.8 Å². The molecule has 3 aromatic carbocycles. The fourth-order valence-corrected chi connectivity index (χ4v) is 3.18. The number of rotatable bonds is 8. The Labute approximate surface area is 191 Å². The van der Waals surface area contributed by atoms with Crippen LogP contribution in [0.2, 0.25) is 5.02 Å². The number of carbonyl (C=O) groups excluding carboxylic acids is 2. The van der Waals surface area contributed by atoms with Crippen LogP contribution in [0.4, 0.5) is 5.69 Å². The van der Waals surface area contributed by atoms with Gasteiger partial charge in [-0.2, -0.15) is 5.10 Å². The average Bonchev–Trinajstić information content (AvgIpc) is 2.79. The Kier molecular flexibility index (Phi) is 7.85. The van der Waals surface area contributed by atoms with E-state index in [0.29, 0.717) is 22.0 Å². The number of nitrogens with one attached hydrogen (secondary N) is 2. The number of benzene rings is 3. The molecule has 0 heterocycles. The molecule has 2 N–H and O–H groups in total. The molecule has 0 aliphatic carbocycles. The molecule has 0 fully saturated rings. The largest absolute Gasteiger partial charge is 0.480 e. The number of carbonyl (C=O) groups is 2. The second-order valence-electron chi connectivity index (χ2n) is 7.00. The second kappa shape index (κ2) is 11.0. The van der Waals surface area contributed by atoms with Gasteiger partial charge in [0.25, 0.3) is 0 Å². The summed E-state index contributed by atoms with van der Waals surface area (Å²) in [6, 6.07) is 16.7. The molecule has 0 radical (unpaired) electrons. The maximum absolute atomic E-state index is 12.1. The first kappa shape index (κ1) is 22.9. The van der Waals surface area contributed by atoms with Gasteiger partial charge in [-0.3, -0.25) is 9.59 Å². The third kappa shape index (κ3) is 6.10. The van der Waals surface area contributed by atoms with Gasteiger partial charge in [0.2, 0.25) is 11.8 Å². The maximum Gasteiger partial charge on any atom is 0.240 e. The molecular formula is C25H22ClN3O3. The molecule has 0 saturated heterocycles. The van der Waals surface area contributed by atoms with Crippen LogP contribution in [0, 0.1) is 19.3 Å². The number of ether oxygens (including phenoxy) is 1. The predicted molar refractivity (Wildman–Crippen MR) is 128 cm³/mol. The van der Waals surface area contributed by atoms with E-state index in [9.17, 15) is 9.59 Å². The zero-order valence-electron chi connectivity index (χ0n) is 17.5. The molecule has 7 heteroatoms. The van der Waals surface area contributed by atoms with E-state index in [1.54, 1.807) is 12.1 Å². The van der Waals surface area contributed by atoms with Gasteiger partial charge < -0.3 is 10.1 Å². The second-order valence-corrected chi connectivity index (χ2v) is 7.40. The Bertz CT molecular complexity index is 1210. The molecule has 6 nitrogen and oxygen atoms in total. The van der Waals surface area contributed by atoms with Gasteiger partial charge in [0.15, 0.2) is 0 Å². The van der Waals surface area contributed by atoms with Crippen LogP contribution in [0.15, 0.2) is 59.7 Å². The molecule has 3 rings (SSSR count). The number of amides is 2. The maximum atomic E-state index is 12.1. The van der Waals surface area contributed by atoms with Crippen molar-refractivity contribution in [3.63, 3.8) is 0 Å². The lowest BCUT2D eigenvalue weighted by Gasteiger charge is -2.10. The Morgan fingerprint density at radius 2 is 1.91 bits per heavy atom. The van der Waals surface area contributed by atoms with Crippen molar-refractivity contribution in [1.29, 1.82) is 0 Å². The fourth-order valence-electron chi connectivity index (χ4n) is 3.00. The van der Waals surface area contributed by atoms with Gasteiger partial charge >= 0.3 is 0 Å². The molecule has 32 heavy (non-hydrogen) atoms. The molecule has 0 spiro atoms. The number of hydrogen-bond acceptors (Lipinski definition) is 4.